The predicted molar refractivity (Wildman–Crippen MR) is 156 cm³/mol. The van der Waals surface area contributed by atoms with Crippen LogP contribution in [0.4, 0.5) is 26.9 Å². The second-order valence-corrected chi connectivity index (χ2v) is 12.3. The maximum Gasteiger partial charge on any atom is 0.435 e. The second-order valence-electron chi connectivity index (χ2n) is 12.3. The monoisotopic (exact) mass is 582 g/mol. The van der Waals surface area contributed by atoms with Crippen LogP contribution < -0.4 is 15.0 Å². The second kappa shape index (κ2) is 9.25. The molecule has 12 heteroatoms. The number of ether oxygens (including phenoxy) is 2. The number of hydrogen-bond acceptors (Lipinski definition) is 9. The number of anilines is 3. The zero-order valence-electron chi connectivity index (χ0n) is 24.1. The fourth-order valence-electron chi connectivity index (χ4n) is 6.14. The van der Waals surface area contributed by atoms with Crippen LogP contribution >= 0.6 is 0 Å². The number of nitrogens with zero attached hydrogens (tertiary/aromatic N) is 5. The fraction of sp³-hybridized carbons (Fsp3) is 0.355. The summed E-state index contributed by atoms with van der Waals surface area (Å²) in [5.74, 6) is 1.18. The van der Waals surface area contributed by atoms with E-state index in [9.17, 15) is 19.5 Å². The molecule has 12 nitrogen and oxygen atoms in total. The summed E-state index contributed by atoms with van der Waals surface area (Å²) in [6, 6.07) is 10.6. The molecule has 0 unspecified atom stereocenters. The van der Waals surface area contributed by atoms with Gasteiger partial charge in [0.1, 0.15) is 23.5 Å². The quantitative estimate of drug-likeness (QED) is 0.301. The third-order valence-electron chi connectivity index (χ3n) is 8.33. The number of nitrogens with one attached hydrogen (secondary N) is 1. The highest BCUT2D eigenvalue weighted by Gasteiger charge is 2.68. The van der Waals surface area contributed by atoms with Gasteiger partial charge >= 0.3 is 12.2 Å². The van der Waals surface area contributed by atoms with Gasteiger partial charge in [0.05, 0.1) is 23.7 Å². The van der Waals surface area contributed by atoms with Crippen LogP contribution in [0.3, 0.4) is 0 Å². The highest BCUT2D eigenvalue weighted by molar-refractivity contribution is 6.22. The number of amides is 2. The first-order valence-electron chi connectivity index (χ1n) is 14.1. The van der Waals surface area contributed by atoms with Gasteiger partial charge in [0.2, 0.25) is 5.91 Å². The Morgan fingerprint density at radius 3 is 2.60 bits per heavy atom. The van der Waals surface area contributed by atoms with E-state index in [1.54, 1.807) is 45.2 Å². The molecule has 7 rings (SSSR count). The molecule has 2 atom stereocenters. The van der Waals surface area contributed by atoms with Gasteiger partial charge in [0.25, 0.3) is 0 Å². The van der Waals surface area contributed by atoms with Crippen molar-refractivity contribution in [2.24, 2.45) is 0 Å². The lowest BCUT2D eigenvalue weighted by Crippen LogP contribution is -2.36. The summed E-state index contributed by atoms with van der Waals surface area (Å²) in [6.45, 7) is 5.34. The van der Waals surface area contributed by atoms with Gasteiger partial charge in [-0.25, -0.2) is 24.5 Å². The van der Waals surface area contributed by atoms with Gasteiger partial charge in [0.15, 0.2) is 5.82 Å². The molecule has 0 bridgehead atoms. The first-order valence-corrected chi connectivity index (χ1v) is 14.1. The summed E-state index contributed by atoms with van der Waals surface area (Å²) in [7, 11) is 1.52. The lowest BCUT2D eigenvalue weighted by molar-refractivity contribution is -0.119. The van der Waals surface area contributed by atoms with E-state index in [1.165, 1.54) is 18.1 Å². The Balaban J connectivity index is 1.32. The van der Waals surface area contributed by atoms with Gasteiger partial charge in [-0.3, -0.25) is 4.79 Å². The molecule has 1 aliphatic heterocycles. The Morgan fingerprint density at radius 2 is 1.91 bits per heavy atom. The minimum Gasteiger partial charge on any atom is -0.497 e. The number of benzene rings is 2. The summed E-state index contributed by atoms with van der Waals surface area (Å²) in [5, 5.41) is 18.5. The van der Waals surface area contributed by atoms with E-state index in [-0.39, 0.29) is 5.92 Å². The van der Waals surface area contributed by atoms with Gasteiger partial charge in [-0.05, 0) is 87.4 Å². The molecular weight excluding hydrogens is 552 g/mol. The van der Waals surface area contributed by atoms with Gasteiger partial charge in [-0.2, -0.15) is 4.68 Å². The number of aromatic nitrogens is 4. The molecule has 0 radical (unpaired) electrons. The maximum absolute atomic E-state index is 13.7. The number of carboxylic acid groups (broad SMARTS) is 1. The van der Waals surface area contributed by atoms with Gasteiger partial charge in [-0.15, -0.1) is 5.10 Å². The highest BCUT2D eigenvalue weighted by Crippen LogP contribution is 2.67. The van der Waals surface area contributed by atoms with Crippen molar-refractivity contribution in [2.75, 3.05) is 17.3 Å². The molecule has 3 heterocycles. The van der Waals surface area contributed by atoms with Gasteiger partial charge < -0.3 is 19.9 Å². The summed E-state index contributed by atoms with van der Waals surface area (Å²) < 4.78 is 12.3. The molecule has 2 amide bonds. The fourth-order valence-corrected chi connectivity index (χ4v) is 6.14. The van der Waals surface area contributed by atoms with Crippen molar-refractivity contribution in [3.63, 3.8) is 0 Å². The number of methoxy groups -OCH3 is 1. The smallest absolute Gasteiger partial charge is 0.435 e. The number of imide groups is 1. The number of hydrogen-bond donors (Lipinski definition) is 2. The van der Waals surface area contributed by atoms with Crippen molar-refractivity contribution in [1.29, 1.82) is 0 Å². The Morgan fingerprint density at radius 1 is 1.12 bits per heavy atom. The van der Waals surface area contributed by atoms with Crippen molar-refractivity contribution in [1.82, 2.24) is 19.7 Å². The molecule has 4 aromatic rings. The molecule has 2 aliphatic carbocycles. The summed E-state index contributed by atoms with van der Waals surface area (Å²) >= 11 is 0. The standard InChI is InChI=1S/C31H30N6O6/c1-30(2,3)43-29(41)37-24-11-17(7-9-19(24)26(35-37)34-25-20(16-5-6-16)14-32-15-33-25)22-13-31(22)21-12-18(42-4)8-10-23(21)36(27(31)38)28(39)40/h7-12,14-16,22H,5-6,13H2,1-4H3,(H,39,40)(H,32,33,34,35)/t22-,31-/m0/s1. The largest absolute Gasteiger partial charge is 0.497 e. The van der Waals surface area contributed by atoms with Crippen LogP contribution in [-0.4, -0.2) is 55.7 Å². The minimum atomic E-state index is -1.33. The van der Waals surface area contributed by atoms with Crippen molar-refractivity contribution >= 4 is 46.3 Å². The normalized spacial score (nSPS) is 20.8. The third kappa shape index (κ3) is 4.27. The average Bonchev–Trinajstić information content (AvgIpc) is 3.88. The molecule has 2 aromatic heterocycles. The van der Waals surface area contributed by atoms with Crippen LogP contribution in [0.5, 0.6) is 5.75 Å². The van der Waals surface area contributed by atoms with Crippen LogP contribution in [0.2, 0.25) is 0 Å². The minimum absolute atomic E-state index is 0.318. The average molecular weight is 583 g/mol. The third-order valence-corrected chi connectivity index (χ3v) is 8.33. The highest BCUT2D eigenvalue weighted by atomic mass is 16.6. The van der Waals surface area contributed by atoms with Crippen molar-refractivity contribution < 1.29 is 29.0 Å². The van der Waals surface area contributed by atoms with E-state index in [0.29, 0.717) is 51.9 Å². The summed E-state index contributed by atoms with van der Waals surface area (Å²) in [5.41, 5.74) is 1.41. The van der Waals surface area contributed by atoms with Crippen LogP contribution in [-0.2, 0) is 14.9 Å². The van der Waals surface area contributed by atoms with Crippen LogP contribution in [0, 0.1) is 0 Å². The number of carbonyl (C=O) groups is 3. The van der Waals surface area contributed by atoms with Crippen molar-refractivity contribution in [3.8, 4) is 5.75 Å². The van der Waals surface area contributed by atoms with E-state index in [0.717, 1.165) is 28.9 Å². The predicted octanol–water partition coefficient (Wildman–Crippen LogP) is 5.69. The molecule has 220 valence electrons. The lowest BCUT2D eigenvalue weighted by Gasteiger charge is -2.19. The number of carbonyl (C=O) groups excluding carboxylic acids is 2. The van der Waals surface area contributed by atoms with Crippen LogP contribution in [0.15, 0.2) is 48.9 Å². The molecule has 2 N–H and O–H groups in total. The zero-order chi connectivity index (χ0) is 30.3. The summed E-state index contributed by atoms with van der Waals surface area (Å²) in [6.07, 6.45) is 3.84. The maximum atomic E-state index is 13.7. The van der Waals surface area contributed by atoms with Crippen molar-refractivity contribution in [3.05, 3.63) is 65.6 Å². The van der Waals surface area contributed by atoms with Crippen molar-refractivity contribution in [2.45, 2.75) is 62.9 Å². The van der Waals surface area contributed by atoms with E-state index < -0.39 is 29.1 Å². The Labute approximate surface area is 246 Å². The first-order chi connectivity index (χ1) is 20.5. The summed E-state index contributed by atoms with van der Waals surface area (Å²) in [4.78, 5) is 48.6. The lowest BCUT2D eigenvalue weighted by atomic mass is 9.91. The van der Waals surface area contributed by atoms with Crippen LogP contribution in [0.25, 0.3) is 10.9 Å². The molecule has 0 saturated heterocycles. The molecular formula is C31H30N6O6. The van der Waals surface area contributed by atoms with Crippen LogP contribution in [0.1, 0.15) is 68.6 Å². The van der Waals surface area contributed by atoms with E-state index in [1.807, 2.05) is 18.2 Å². The molecule has 1 spiro atoms. The Hall–Kier alpha value is -5.00. The molecule has 43 heavy (non-hydrogen) atoms. The van der Waals surface area contributed by atoms with Gasteiger partial charge in [0, 0.05) is 23.1 Å². The molecule has 2 fully saturated rings. The van der Waals surface area contributed by atoms with E-state index in [2.05, 4.69) is 20.4 Å². The van der Waals surface area contributed by atoms with E-state index >= 15 is 0 Å². The first kappa shape index (κ1) is 26.9. The zero-order valence-corrected chi connectivity index (χ0v) is 24.1. The van der Waals surface area contributed by atoms with Gasteiger partial charge in [-0.1, -0.05) is 6.07 Å². The Bertz CT molecular complexity index is 1840. The van der Waals surface area contributed by atoms with E-state index in [4.69, 9.17) is 9.47 Å². The molecule has 3 aliphatic rings. The molecule has 2 aromatic carbocycles. The number of rotatable bonds is 5. The topological polar surface area (TPSA) is 149 Å². The molecule has 2 saturated carbocycles. The Kier molecular flexibility index (Phi) is 5.78. The SMILES string of the molecule is COc1ccc2c(c1)[C@]1(C[C@H]1c1ccc3c(Nc4ncncc4C4CC4)nn(C(=O)OC(C)(C)C)c3c1)C(=O)N2C(=O)O. The number of fused-ring (bicyclic) bond motifs is 3.